The van der Waals surface area contributed by atoms with Crippen LogP contribution < -0.4 is 5.32 Å². The van der Waals surface area contributed by atoms with E-state index in [1.54, 1.807) is 37.8 Å². The van der Waals surface area contributed by atoms with E-state index in [1.165, 1.54) is 0 Å². The first kappa shape index (κ1) is 24.7. The molecule has 2 aromatic carbocycles. The Kier molecular flexibility index (Phi) is 8.32. The lowest BCUT2D eigenvalue weighted by atomic mass is 9.93. The van der Waals surface area contributed by atoms with Gasteiger partial charge in [-0.3, -0.25) is 0 Å². The van der Waals surface area contributed by atoms with E-state index in [0.717, 1.165) is 10.8 Å². The van der Waals surface area contributed by atoms with E-state index in [0.29, 0.717) is 55.7 Å². The summed E-state index contributed by atoms with van der Waals surface area (Å²) in [6.07, 6.45) is -2.40. The van der Waals surface area contributed by atoms with Crippen LogP contribution in [0.3, 0.4) is 0 Å². The molecule has 0 aromatic heterocycles. The van der Waals surface area contributed by atoms with Gasteiger partial charge in [-0.15, -0.1) is 0 Å². The predicted octanol–water partition coefficient (Wildman–Crippen LogP) is 3.35. The lowest BCUT2D eigenvalue weighted by molar-refractivity contribution is -0.119. The summed E-state index contributed by atoms with van der Waals surface area (Å²) < 4.78 is 16.1. The van der Waals surface area contributed by atoms with Gasteiger partial charge in [0, 0.05) is 34.6 Å². The molecular formula is C23H31ClN2O6. The average molecular weight is 467 g/mol. The van der Waals surface area contributed by atoms with Crippen molar-refractivity contribution in [2.45, 2.75) is 38.8 Å². The average Bonchev–Trinajstić information content (AvgIpc) is 2.72. The third-order valence-electron chi connectivity index (χ3n) is 5.02. The van der Waals surface area contributed by atoms with Gasteiger partial charge in [0.05, 0.1) is 26.4 Å². The summed E-state index contributed by atoms with van der Waals surface area (Å²) in [5, 5.41) is 26.4. The number of nitrogens with zero attached hydrogens (tertiary/aromatic N) is 1. The van der Waals surface area contributed by atoms with Gasteiger partial charge in [-0.05, 0) is 32.2 Å². The fourth-order valence-electron chi connectivity index (χ4n) is 3.62. The van der Waals surface area contributed by atoms with Crippen molar-refractivity contribution in [3.8, 4) is 0 Å². The van der Waals surface area contributed by atoms with Gasteiger partial charge >= 0.3 is 6.09 Å². The largest absolute Gasteiger partial charge is 0.444 e. The number of nitrogens with one attached hydrogen (secondary N) is 1. The fourth-order valence-corrected chi connectivity index (χ4v) is 3.85. The van der Waals surface area contributed by atoms with E-state index in [-0.39, 0.29) is 0 Å². The van der Waals surface area contributed by atoms with Gasteiger partial charge in [-0.1, -0.05) is 35.9 Å². The summed E-state index contributed by atoms with van der Waals surface area (Å²) in [5.41, 5.74) is 0.896. The zero-order chi connectivity index (χ0) is 23.3. The topological polar surface area (TPSA) is 100 Å². The van der Waals surface area contributed by atoms with Crippen LogP contribution in [0.15, 0.2) is 30.3 Å². The van der Waals surface area contributed by atoms with Crippen LogP contribution in [0.1, 0.15) is 44.4 Å². The molecule has 2 unspecified atom stereocenters. The third-order valence-corrected chi connectivity index (χ3v) is 5.35. The monoisotopic (exact) mass is 466 g/mol. The van der Waals surface area contributed by atoms with Crippen molar-refractivity contribution >= 4 is 28.5 Å². The Bertz CT molecular complexity index is 916. The molecular weight excluding hydrogens is 436 g/mol. The van der Waals surface area contributed by atoms with E-state index in [2.05, 4.69) is 5.32 Å². The minimum atomic E-state index is -0.960. The normalized spacial score (nSPS) is 18.7. The van der Waals surface area contributed by atoms with Crippen molar-refractivity contribution in [1.29, 1.82) is 0 Å². The molecule has 176 valence electrons. The van der Waals surface area contributed by atoms with Crippen LogP contribution in [-0.2, 0) is 14.2 Å². The molecule has 2 atom stereocenters. The standard InChI is InChI=1S/C23H31ClN2O6/c1-23(2,3)32-22(29)25-9-11-30-13-14-31-12-10-26-20(27)16-6-4-5-15-18(24)8-7-17(19(15)16)21(26)28/h4-8,20-21,27-28H,9-14H2,1-3H3,(H,25,29). The maximum absolute atomic E-state index is 11.5. The number of aliphatic hydroxyl groups is 2. The molecule has 2 aromatic rings. The van der Waals surface area contributed by atoms with E-state index in [4.69, 9.17) is 25.8 Å². The quantitative estimate of drug-likeness (QED) is 0.487. The smallest absolute Gasteiger partial charge is 0.407 e. The van der Waals surface area contributed by atoms with E-state index < -0.39 is 24.2 Å². The van der Waals surface area contributed by atoms with Crippen molar-refractivity contribution in [2.75, 3.05) is 39.5 Å². The van der Waals surface area contributed by atoms with Gasteiger partial charge in [0.25, 0.3) is 0 Å². The van der Waals surface area contributed by atoms with Crippen molar-refractivity contribution in [3.63, 3.8) is 0 Å². The highest BCUT2D eigenvalue weighted by molar-refractivity contribution is 6.35. The maximum Gasteiger partial charge on any atom is 0.407 e. The molecule has 8 nitrogen and oxygen atoms in total. The number of ether oxygens (including phenoxy) is 3. The number of aliphatic hydroxyl groups excluding tert-OH is 2. The van der Waals surface area contributed by atoms with E-state index in [9.17, 15) is 15.0 Å². The Morgan fingerprint density at radius 1 is 1.03 bits per heavy atom. The molecule has 9 heteroatoms. The number of amides is 1. The minimum absolute atomic E-state index is 0.312. The predicted molar refractivity (Wildman–Crippen MR) is 121 cm³/mol. The molecule has 0 radical (unpaired) electrons. The summed E-state index contributed by atoms with van der Waals surface area (Å²) in [6.45, 7) is 7.46. The molecule has 1 amide bonds. The van der Waals surface area contributed by atoms with Gasteiger partial charge in [0.15, 0.2) is 0 Å². The van der Waals surface area contributed by atoms with Crippen molar-refractivity contribution in [2.24, 2.45) is 0 Å². The highest BCUT2D eigenvalue weighted by Gasteiger charge is 2.33. The Hall–Kier alpha value is -1.94. The van der Waals surface area contributed by atoms with E-state index >= 15 is 0 Å². The second-order valence-electron chi connectivity index (χ2n) is 8.54. The molecule has 3 N–H and O–H groups in total. The molecule has 0 fully saturated rings. The number of carbonyl (C=O) groups excluding carboxylic acids is 1. The van der Waals surface area contributed by atoms with Gasteiger partial charge in [0.2, 0.25) is 0 Å². The molecule has 0 spiro atoms. The Morgan fingerprint density at radius 2 is 1.69 bits per heavy atom. The molecule has 1 aliphatic rings. The van der Waals surface area contributed by atoms with Crippen LogP contribution in [0.2, 0.25) is 5.02 Å². The second kappa shape index (κ2) is 10.8. The summed E-state index contributed by atoms with van der Waals surface area (Å²) >= 11 is 6.28. The van der Waals surface area contributed by atoms with Crippen LogP contribution in [0.25, 0.3) is 10.8 Å². The molecule has 0 aliphatic carbocycles. The summed E-state index contributed by atoms with van der Waals surface area (Å²) in [6, 6.07) is 9.11. The van der Waals surface area contributed by atoms with Gasteiger partial charge in [0.1, 0.15) is 18.1 Å². The molecule has 1 heterocycles. The Morgan fingerprint density at radius 3 is 2.38 bits per heavy atom. The van der Waals surface area contributed by atoms with Crippen LogP contribution in [0.4, 0.5) is 4.79 Å². The number of halogens is 1. The summed E-state index contributed by atoms with van der Waals surface area (Å²) in [4.78, 5) is 13.1. The second-order valence-corrected chi connectivity index (χ2v) is 8.95. The molecule has 3 rings (SSSR count). The van der Waals surface area contributed by atoms with Crippen LogP contribution >= 0.6 is 11.6 Å². The maximum atomic E-state index is 11.5. The van der Waals surface area contributed by atoms with Crippen molar-refractivity contribution in [3.05, 3.63) is 46.5 Å². The number of alkyl carbamates (subject to hydrolysis) is 1. The lowest BCUT2D eigenvalue weighted by Gasteiger charge is -2.38. The Labute approximate surface area is 193 Å². The lowest BCUT2D eigenvalue weighted by Crippen LogP contribution is -2.38. The van der Waals surface area contributed by atoms with Gasteiger partial charge < -0.3 is 29.7 Å². The number of hydrogen-bond acceptors (Lipinski definition) is 7. The zero-order valence-corrected chi connectivity index (χ0v) is 19.4. The zero-order valence-electron chi connectivity index (χ0n) is 18.6. The van der Waals surface area contributed by atoms with Crippen LogP contribution in [0.5, 0.6) is 0 Å². The molecule has 0 saturated carbocycles. The van der Waals surface area contributed by atoms with Gasteiger partial charge in [-0.25, -0.2) is 9.69 Å². The SMILES string of the molecule is CC(C)(C)OC(=O)NCCOCCOCCN1C(O)c2cccc3c(Cl)ccc(c23)C1O. The minimum Gasteiger partial charge on any atom is -0.444 e. The first-order valence-electron chi connectivity index (χ1n) is 10.6. The number of carbonyl (C=O) groups is 1. The summed E-state index contributed by atoms with van der Waals surface area (Å²) in [7, 11) is 0. The molecule has 32 heavy (non-hydrogen) atoms. The first-order valence-corrected chi connectivity index (χ1v) is 11.0. The highest BCUT2D eigenvalue weighted by atomic mass is 35.5. The third kappa shape index (κ3) is 6.10. The van der Waals surface area contributed by atoms with Crippen LogP contribution in [0, 0.1) is 0 Å². The molecule has 0 bridgehead atoms. The first-order chi connectivity index (χ1) is 15.2. The van der Waals surface area contributed by atoms with Crippen LogP contribution in [-0.4, -0.2) is 66.3 Å². The Balaban J connectivity index is 1.38. The van der Waals surface area contributed by atoms with Gasteiger partial charge in [-0.2, -0.15) is 0 Å². The van der Waals surface area contributed by atoms with E-state index in [1.807, 2.05) is 18.2 Å². The number of benzene rings is 2. The summed E-state index contributed by atoms with van der Waals surface area (Å²) in [5.74, 6) is 0. The molecule has 1 aliphatic heterocycles. The number of rotatable bonds is 9. The highest BCUT2D eigenvalue weighted by Crippen LogP contribution is 2.42. The fraction of sp³-hybridized carbons (Fsp3) is 0.522. The van der Waals surface area contributed by atoms with Crippen molar-refractivity contribution in [1.82, 2.24) is 10.2 Å². The molecule has 0 saturated heterocycles. The van der Waals surface area contributed by atoms with Crippen molar-refractivity contribution < 1.29 is 29.2 Å². The number of hydrogen-bond donors (Lipinski definition) is 3.